The van der Waals surface area contributed by atoms with Gasteiger partial charge in [0.05, 0.1) is 16.5 Å². The third kappa shape index (κ3) is 4.31. The number of Topliss-reactive ketones (excluding diaryl/α,β-unsaturated/α-hetero) is 1. The summed E-state index contributed by atoms with van der Waals surface area (Å²) in [6.45, 7) is 7.17. The third-order valence-corrected chi connectivity index (χ3v) is 7.68. The van der Waals surface area contributed by atoms with Crippen LogP contribution >= 0.6 is 11.3 Å². The Bertz CT molecular complexity index is 1270. The van der Waals surface area contributed by atoms with Gasteiger partial charge in [-0.05, 0) is 42.9 Å². The molecular formula is C25H28N4O3S. The number of carbonyl (C=O) groups is 3. The molecule has 1 aromatic carbocycles. The number of anilines is 1. The number of nitrogens with zero attached hydrogens (tertiary/aromatic N) is 2. The fourth-order valence-electron chi connectivity index (χ4n) is 4.90. The fraction of sp³-hybridized carbons (Fsp3) is 0.440. The minimum Gasteiger partial charge on any atom is -0.361 e. The van der Waals surface area contributed by atoms with Crippen LogP contribution in [0.5, 0.6) is 0 Å². The number of carbonyl (C=O) groups excluding carboxylic acids is 3. The molecule has 1 atom stereocenters. The molecule has 0 saturated carbocycles. The van der Waals surface area contributed by atoms with Crippen molar-refractivity contribution in [2.45, 2.75) is 46.5 Å². The van der Waals surface area contributed by atoms with Crippen molar-refractivity contribution in [2.24, 2.45) is 11.3 Å². The van der Waals surface area contributed by atoms with Crippen LogP contribution in [0.15, 0.2) is 24.4 Å². The SMILES string of the molecule is Cc1ccc2[nH]cc(CCN3C[C@H](C(=O)Nc4nc5c(s4)C(=O)CC(C)(C)C5)CC3=O)c2c1. The predicted molar refractivity (Wildman–Crippen MR) is 129 cm³/mol. The average Bonchev–Trinajstić information content (AvgIpc) is 3.42. The number of nitrogens with one attached hydrogen (secondary N) is 2. The van der Waals surface area contributed by atoms with Crippen molar-refractivity contribution in [3.63, 3.8) is 0 Å². The molecule has 3 heterocycles. The van der Waals surface area contributed by atoms with Crippen LogP contribution in [0.25, 0.3) is 10.9 Å². The van der Waals surface area contributed by atoms with E-state index in [-0.39, 0.29) is 29.4 Å². The summed E-state index contributed by atoms with van der Waals surface area (Å²) < 4.78 is 0. The number of hydrogen-bond donors (Lipinski definition) is 2. The van der Waals surface area contributed by atoms with Gasteiger partial charge in [-0.1, -0.05) is 36.8 Å². The zero-order valence-corrected chi connectivity index (χ0v) is 20.0. The number of thiazole rings is 1. The monoisotopic (exact) mass is 464 g/mol. The number of amides is 2. The maximum atomic E-state index is 12.9. The number of fused-ring (bicyclic) bond motifs is 2. The summed E-state index contributed by atoms with van der Waals surface area (Å²) in [5.41, 5.74) is 4.13. The molecule has 33 heavy (non-hydrogen) atoms. The molecule has 1 aliphatic carbocycles. The number of hydrogen-bond acceptors (Lipinski definition) is 5. The number of ketones is 1. The van der Waals surface area contributed by atoms with Crippen LogP contribution in [0, 0.1) is 18.3 Å². The van der Waals surface area contributed by atoms with Crippen LogP contribution in [-0.2, 0) is 22.4 Å². The van der Waals surface area contributed by atoms with E-state index in [1.807, 2.05) is 6.20 Å². The number of aryl methyl sites for hydroxylation is 1. The lowest BCUT2D eigenvalue weighted by atomic mass is 9.78. The summed E-state index contributed by atoms with van der Waals surface area (Å²) >= 11 is 1.25. The summed E-state index contributed by atoms with van der Waals surface area (Å²) in [6, 6.07) is 6.30. The van der Waals surface area contributed by atoms with E-state index in [1.165, 1.54) is 27.8 Å². The largest absolute Gasteiger partial charge is 0.361 e. The van der Waals surface area contributed by atoms with Crippen molar-refractivity contribution < 1.29 is 14.4 Å². The first-order valence-electron chi connectivity index (χ1n) is 11.4. The van der Waals surface area contributed by atoms with Crippen molar-refractivity contribution in [1.82, 2.24) is 14.9 Å². The summed E-state index contributed by atoms with van der Waals surface area (Å²) in [5, 5.41) is 4.50. The Morgan fingerprint density at radius 3 is 2.94 bits per heavy atom. The molecule has 0 radical (unpaired) electrons. The Morgan fingerprint density at radius 2 is 2.12 bits per heavy atom. The quantitative estimate of drug-likeness (QED) is 0.594. The summed E-state index contributed by atoms with van der Waals surface area (Å²) in [4.78, 5) is 48.1. The molecule has 0 spiro atoms. The van der Waals surface area contributed by atoms with E-state index in [9.17, 15) is 14.4 Å². The number of H-pyrrole nitrogens is 1. The Hall–Kier alpha value is -3.00. The van der Waals surface area contributed by atoms with E-state index in [0.29, 0.717) is 29.5 Å². The van der Waals surface area contributed by atoms with E-state index in [0.717, 1.165) is 24.1 Å². The molecule has 3 aromatic rings. The average molecular weight is 465 g/mol. The van der Waals surface area contributed by atoms with Crippen molar-refractivity contribution in [3.8, 4) is 0 Å². The van der Waals surface area contributed by atoms with Crippen LogP contribution in [0.4, 0.5) is 5.13 Å². The van der Waals surface area contributed by atoms with Crippen molar-refractivity contribution in [1.29, 1.82) is 0 Å². The smallest absolute Gasteiger partial charge is 0.231 e. The Labute approximate surface area is 196 Å². The van der Waals surface area contributed by atoms with Gasteiger partial charge >= 0.3 is 0 Å². The van der Waals surface area contributed by atoms with Gasteiger partial charge in [-0.15, -0.1) is 0 Å². The van der Waals surface area contributed by atoms with Gasteiger partial charge in [-0.2, -0.15) is 0 Å². The molecule has 1 saturated heterocycles. The standard InChI is InChI=1S/C25H28N4O3S/c1-14-4-5-18-17(8-14)15(12-26-18)6-7-29-13-16(9-21(29)31)23(32)28-24-27-19-10-25(2,3)11-20(30)22(19)33-24/h4-5,8,12,16,26H,6-7,9-11,13H2,1-3H3,(H,27,28,32)/t16-/m1/s1. The highest BCUT2D eigenvalue weighted by Crippen LogP contribution is 2.38. The van der Waals surface area contributed by atoms with Gasteiger partial charge in [0.2, 0.25) is 11.8 Å². The Balaban J connectivity index is 1.21. The van der Waals surface area contributed by atoms with Crippen molar-refractivity contribution in [2.75, 3.05) is 18.4 Å². The summed E-state index contributed by atoms with van der Waals surface area (Å²) in [5.74, 6) is -0.516. The first kappa shape index (κ1) is 21.8. The minimum atomic E-state index is -0.407. The maximum Gasteiger partial charge on any atom is 0.231 e. The number of rotatable bonds is 5. The molecular weight excluding hydrogens is 436 g/mol. The first-order chi connectivity index (χ1) is 15.7. The number of aromatic amines is 1. The van der Waals surface area contributed by atoms with Gasteiger partial charge in [0, 0.05) is 43.0 Å². The molecule has 1 fully saturated rings. The molecule has 7 nitrogen and oxygen atoms in total. The normalized spacial score (nSPS) is 19.8. The van der Waals surface area contributed by atoms with E-state index >= 15 is 0 Å². The van der Waals surface area contributed by atoms with Crippen LogP contribution in [0.1, 0.15) is 53.2 Å². The van der Waals surface area contributed by atoms with Crippen LogP contribution in [0.3, 0.4) is 0 Å². The molecule has 1 aliphatic heterocycles. The minimum absolute atomic E-state index is 0.00142. The zero-order valence-electron chi connectivity index (χ0n) is 19.2. The van der Waals surface area contributed by atoms with Gasteiger partial charge in [0.15, 0.2) is 10.9 Å². The second-order valence-electron chi connectivity index (χ2n) is 10.1. The van der Waals surface area contributed by atoms with Gasteiger partial charge in [0.1, 0.15) is 0 Å². The number of likely N-dealkylation sites (tertiary alicyclic amines) is 1. The van der Waals surface area contributed by atoms with Crippen molar-refractivity contribution in [3.05, 3.63) is 46.1 Å². The second-order valence-corrected chi connectivity index (χ2v) is 11.1. The Morgan fingerprint density at radius 1 is 1.30 bits per heavy atom. The lowest BCUT2D eigenvalue weighted by molar-refractivity contribution is -0.128. The molecule has 2 aliphatic rings. The highest BCUT2D eigenvalue weighted by Gasteiger charge is 2.36. The highest BCUT2D eigenvalue weighted by atomic mass is 32.1. The topological polar surface area (TPSA) is 95.2 Å². The Kier molecular flexibility index (Phi) is 5.35. The molecule has 172 valence electrons. The van der Waals surface area contributed by atoms with Gasteiger partial charge in [0.25, 0.3) is 0 Å². The van der Waals surface area contributed by atoms with E-state index in [2.05, 4.69) is 54.3 Å². The van der Waals surface area contributed by atoms with E-state index < -0.39 is 5.92 Å². The van der Waals surface area contributed by atoms with Crippen LogP contribution in [-0.4, -0.2) is 45.6 Å². The predicted octanol–water partition coefficient (Wildman–Crippen LogP) is 4.12. The van der Waals surface area contributed by atoms with Crippen LogP contribution in [0.2, 0.25) is 0 Å². The van der Waals surface area contributed by atoms with E-state index in [1.54, 1.807) is 4.90 Å². The number of aromatic nitrogens is 2. The molecule has 0 bridgehead atoms. The molecule has 8 heteroatoms. The molecule has 0 unspecified atom stereocenters. The fourth-order valence-corrected chi connectivity index (χ4v) is 5.82. The molecule has 2 amide bonds. The second kappa shape index (κ2) is 8.09. The van der Waals surface area contributed by atoms with Crippen molar-refractivity contribution >= 4 is 45.0 Å². The zero-order chi connectivity index (χ0) is 23.3. The molecule has 5 rings (SSSR count). The first-order valence-corrected chi connectivity index (χ1v) is 12.2. The maximum absolute atomic E-state index is 12.9. The van der Waals surface area contributed by atoms with Gasteiger partial charge < -0.3 is 15.2 Å². The number of benzene rings is 1. The van der Waals surface area contributed by atoms with Gasteiger partial charge in [-0.3, -0.25) is 14.4 Å². The van der Waals surface area contributed by atoms with Crippen LogP contribution < -0.4 is 5.32 Å². The lowest BCUT2D eigenvalue weighted by Crippen LogP contribution is -2.30. The highest BCUT2D eigenvalue weighted by molar-refractivity contribution is 7.17. The summed E-state index contributed by atoms with van der Waals surface area (Å²) in [6.07, 6.45) is 4.17. The summed E-state index contributed by atoms with van der Waals surface area (Å²) in [7, 11) is 0. The lowest BCUT2D eigenvalue weighted by Gasteiger charge is -2.26. The molecule has 2 aromatic heterocycles. The molecule has 2 N–H and O–H groups in total. The van der Waals surface area contributed by atoms with E-state index in [4.69, 9.17) is 0 Å². The van der Waals surface area contributed by atoms with Gasteiger partial charge in [-0.25, -0.2) is 4.98 Å². The third-order valence-electron chi connectivity index (χ3n) is 6.63.